The quantitative estimate of drug-likeness (QED) is 0.844. The Morgan fingerprint density at radius 3 is 2.84 bits per heavy atom. The minimum atomic E-state index is -0.128. The van der Waals surface area contributed by atoms with Crippen molar-refractivity contribution in [2.75, 3.05) is 5.73 Å². The molecule has 100 valence electrons. The number of nitrogens with one attached hydrogen (secondary N) is 1. The van der Waals surface area contributed by atoms with Crippen molar-refractivity contribution in [3.63, 3.8) is 0 Å². The van der Waals surface area contributed by atoms with E-state index in [2.05, 4.69) is 26.2 Å². The first-order valence-electron chi connectivity index (χ1n) is 5.72. The van der Waals surface area contributed by atoms with E-state index in [1.54, 1.807) is 29.7 Å². The molecule has 0 unspecified atom stereocenters. The van der Waals surface area contributed by atoms with Gasteiger partial charge in [-0.1, -0.05) is 15.9 Å². The second-order valence-electron chi connectivity index (χ2n) is 4.20. The SMILES string of the molecule is Cc1ncc(CNC(=O)c2cc(Br)cc(N)c2C)s1. The molecule has 0 fully saturated rings. The highest BCUT2D eigenvalue weighted by molar-refractivity contribution is 9.10. The minimum absolute atomic E-state index is 0.128. The summed E-state index contributed by atoms with van der Waals surface area (Å²) in [5.74, 6) is -0.128. The van der Waals surface area contributed by atoms with Gasteiger partial charge in [-0.2, -0.15) is 0 Å². The third kappa shape index (κ3) is 3.33. The fourth-order valence-electron chi connectivity index (χ4n) is 1.69. The molecule has 4 nitrogen and oxygen atoms in total. The van der Waals surface area contributed by atoms with Gasteiger partial charge in [0.2, 0.25) is 0 Å². The zero-order valence-electron chi connectivity index (χ0n) is 10.7. The Balaban J connectivity index is 2.12. The summed E-state index contributed by atoms with van der Waals surface area (Å²) in [6.07, 6.45) is 1.78. The highest BCUT2D eigenvalue weighted by Crippen LogP contribution is 2.22. The van der Waals surface area contributed by atoms with Gasteiger partial charge in [-0.05, 0) is 31.5 Å². The molecule has 1 amide bonds. The zero-order chi connectivity index (χ0) is 14.0. The number of halogens is 1. The summed E-state index contributed by atoms with van der Waals surface area (Å²) >= 11 is 4.92. The van der Waals surface area contributed by atoms with E-state index in [4.69, 9.17) is 5.73 Å². The van der Waals surface area contributed by atoms with Crippen LogP contribution in [0.2, 0.25) is 0 Å². The van der Waals surface area contributed by atoms with Gasteiger partial charge < -0.3 is 11.1 Å². The number of hydrogen-bond donors (Lipinski definition) is 2. The number of aromatic nitrogens is 1. The van der Waals surface area contributed by atoms with E-state index in [1.165, 1.54) is 0 Å². The molecule has 0 aliphatic heterocycles. The minimum Gasteiger partial charge on any atom is -0.398 e. The number of nitrogen functional groups attached to an aromatic ring is 1. The van der Waals surface area contributed by atoms with Crippen LogP contribution in [0.25, 0.3) is 0 Å². The van der Waals surface area contributed by atoms with Gasteiger partial charge in [0.15, 0.2) is 0 Å². The number of thiazole rings is 1. The first-order chi connectivity index (χ1) is 8.97. The Hall–Kier alpha value is -1.40. The molecular formula is C13H14BrN3OS. The van der Waals surface area contributed by atoms with Gasteiger partial charge in [0, 0.05) is 26.8 Å². The molecular weight excluding hydrogens is 326 g/mol. The van der Waals surface area contributed by atoms with E-state index in [1.807, 2.05) is 13.8 Å². The van der Waals surface area contributed by atoms with E-state index < -0.39 is 0 Å². The number of rotatable bonds is 3. The Bertz CT molecular complexity index is 624. The first kappa shape index (κ1) is 14.0. The standard InChI is InChI=1S/C13H14BrN3OS/c1-7-11(3-9(14)4-12(7)15)13(18)17-6-10-5-16-8(2)19-10/h3-5H,6,15H2,1-2H3,(H,17,18). The number of hydrogen-bond acceptors (Lipinski definition) is 4. The van der Waals surface area contributed by atoms with E-state index in [-0.39, 0.29) is 5.91 Å². The number of nitrogens with zero attached hydrogens (tertiary/aromatic N) is 1. The fourth-order valence-corrected chi connectivity index (χ4v) is 2.90. The van der Waals surface area contributed by atoms with E-state index >= 15 is 0 Å². The summed E-state index contributed by atoms with van der Waals surface area (Å²) in [4.78, 5) is 17.3. The summed E-state index contributed by atoms with van der Waals surface area (Å²) in [5.41, 5.74) is 7.84. The van der Waals surface area contributed by atoms with Crippen LogP contribution in [0, 0.1) is 13.8 Å². The van der Waals surface area contributed by atoms with Crippen LogP contribution in [-0.4, -0.2) is 10.9 Å². The van der Waals surface area contributed by atoms with E-state index in [9.17, 15) is 4.79 Å². The van der Waals surface area contributed by atoms with Crippen molar-refractivity contribution in [1.29, 1.82) is 0 Å². The maximum absolute atomic E-state index is 12.1. The number of carbonyl (C=O) groups is 1. The van der Waals surface area contributed by atoms with Gasteiger partial charge >= 0.3 is 0 Å². The number of nitrogens with two attached hydrogens (primary N) is 1. The van der Waals surface area contributed by atoms with Crippen molar-refractivity contribution in [3.05, 3.63) is 43.8 Å². The van der Waals surface area contributed by atoms with Crippen LogP contribution in [0.1, 0.15) is 25.8 Å². The van der Waals surface area contributed by atoms with Gasteiger partial charge in [0.1, 0.15) is 0 Å². The topological polar surface area (TPSA) is 68.0 Å². The molecule has 1 heterocycles. The first-order valence-corrected chi connectivity index (χ1v) is 7.33. The summed E-state index contributed by atoms with van der Waals surface area (Å²) in [7, 11) is 0. The smallest absolute Gasteiger partial charge is 0.251 e. The fraction of sp³-hybridized carbons (Fsp3) is 0.231. The molecule has 1 aromatic heterocycles. The Morgan fingerprint density at radius 1 is 1.47 bits per heavy atom. The maximum Gasteiger partial charge on any atom is 0.251 e. The number of anilines is 1. The van der Waals surface area contributed by atoms with Crippen LogP contribution in [0.15, 0.2) is 22.8 Å². The van der Waals surface area contributed by atoms with Crippen LogP contribution < -0.4 is 11.1 Å². The van der Waals surface area contributed by atoms with Crippen LogP contribution in [-0.2, 0) is 6.54 Å². The molecule has 1 aromatic carbocycles. The largest absolute Gasteiger partial charge is 0.398 e. The molecule has 6 heteroatoms. The lowest BCUT2D eigenvalue weighted by atomic mass is 10.1. The Labute approximate surface area is 124 Å². The second kappa shape index (κ2) is 5.71. The van der Waals surface area contributed by atoms with E-state index in [0.29, 0.717) is 17.8 Å². The van der Waals surface area contributed by atoms with Gasteiger partial charge in [-0.15, -0.1) is 11.3 Å². The van der Waals surface area contributed by atoms with Gasteiger partial charge in [0.05, 0.1) is 11.6 Å². The van der Waals surface area contributed by atoms with Crippen molar-refractivity contribution in [2.45, 2.75) is 20.4 Å². The van der Waals surface area contributed by atoms with Crippen molar-refractivity contribution >= 4 is 38.9 Å². The Morgan fingerprint density at radius 2 is 2.21 bits per heavy atom. The second-order valence-corrected chi connectivity index (χ2v) is 6.43. The number of benzene rings is 1. The van der Waals surface area contributed by atoms with Crippen molar-refractivity contribution < 1.29 is 4.79 Å². The monoisotopic (exact) mass is 339 g/mol. The predicted molar refractivity (Wildman–Crippen MR) is 81.3 cm³/mol. The molecule has 0 aliphatic rings. The molecule has 0 saturated heterocycles. The van der Waals surface area contributed by atoms with E-state index in [0.717, 1.165) is 19.9 Å². The van der Waals surface area contributed by atoms with Gasteiger partial charge in [0.25, 0.3) is 5.91 Å². The van der Waals surface area contributed by atoms with Crippen molar-refractivity contribution in [1.82, 2.24) is 10.3 Å². The lowest BCUT2D eigenvalue weighted by Gasteiger charge is -2.09. The van der Waals surface area contributed by atoms with Crippen molar-refractivity contribution in [2.24, 2.45) is 0 Å². The third-order valence-corrected chi connectivity index (χ3v) is 4.12. The number of carbonyl (C=O) groups excluding carboxylic acids is 1. The van der Waals surface area contributed by atoms with Gasteiger partial charge in [-0.25, -0.2) is 4.98 Å². The normalized spacial score (nSPS) is 10.5. The Kier molecular flexibility index (Phi) is 4.21. The average Bonchev–Trinajstić information content (AvgIpc) is 2.76. The molecule has 0 spiro atoms. The summed E-state index contributed by atoms with van der Waals surface area (Å²) in [5, 5.41) is 3.87. The lowest BCUT2D eigenvalue weighted by molar-refractivity contribution is 0.0950. The van der Waals surface area contributed by atoms with Crippen LogP contribution in [0.3, 0.4) is 0 Å². The molecule has 0 bridgehead atoms. The predicted octanol–water partition coefficient (Wildman–Crippen LogP) is 3.03. The molecule has 0 atom stereocenters. The number of amides is 1. The average molecular weight is 340 g/mol. The van der Waals surface area contributed by atoms with Crippen LogP contribution in [0.5, 0.6) is 0 Å². The van der Waals surface area contributed by atoms with Crippen LogP contribution >= 0.6 is 27.3 Å². The highest BCUT2D eigenvalue weighted by atomic mass is 79.9. The molecule has 19 heavy (non-hydrogen) atoms. The van der Waals surface area contributed by atoms with Crippen LogP contribution in [0.4, 0.5) is 5.69 Å². The molecule has 2 rings (SSSR count). The van der Waals surface area contributed by atoms with Gasteiger partial charge in [-0.3, -0.25) is 4.79 Å². The molecule has 2 aromatic rings. The summed E-state index contributed by atoms with van der Waals surface area (Å²) < 4.78 is 0.800. The highest BCUT2D eigenvalue weighted by Gasteiger charge is 2.12. The summed E-state index contributed by atoms with van der Waals surface area (Å²) in [6, 6.07) is 3.57. The number of aryl methyl sites for hydroxylation is 1. The zero-order valence-corrected chi connectivity index (χ0v) is 13.1. The molecule has 0 saturated carbocycles. The molecule has 3 N–H and O–H groups in total. The lowest BCUT2D eigenvalue weighted by Crippen LogP contribution is -2.23. The van der Waals surface area contributed by atoms with Crippen molar-refractivity contribution in [3.8, 4) is 0 Å². The maximum atomic E-state index is 12.1. The molecule has 0 radical (unpaired) electrons. The summed E-state index contributed by atoms with van der Waals surface area (Å²) in [6.45, 7) is 4.26. The third-order valence-electron chi connectivity index (χ3n) is 2.75. The molecule has 0 aliphatic carbocycles.